The van der Waals surface area contributed by atoms with Crippen molar-refractivity contribution in [1.82, 2.24) is 24.5 Å². The number of piperazine rings is 1. The average molecular weight is 351 g/mol. The summed E-state index contributed by atoms with van der Waals surface area (Å²) in [5.41, 5.74) is 1.02. The van der Waals surface area contributed by atoms with Crippen LogP contribution < -0.4 is 4.90 Å². The van der Waals surface area contributed by atoms with Gasteiger partial charge in [-0.3, -0.25) is 4.79 Å². The van der Waals surface area contributed by atoms with E-state index in [1.807, 2.05) is 10.6 Å². The summed E-state index contributed by atoms with van der Waals surface area (Å²) in [4.78, 5) is 24.7. The molecule has 7 nitrogen and oxygen atoms in total. The quantitative estimate of drug-likeness (QED) is 0.771. The molecule has 1 aliphatic heterocycles. The number of fused-ring (bicyclic) bond motifs is 1. The molecule has 1 amide bonds. The van der Waals surface area contributed by atoms with Crippen molar-refractivity contribution >= 4 is 29.2 Å². The monoisotopic (exact) mass is 350 g/mol. The number of aromatic nitrogens is 4. The second-order valence-electron chi connectivity index (χ2n) is 7.13. The van der Waals surface area contributed by atoms with Crippen molar-refractivity contribution < 1.29 is 4.79 Å². The number of rotatable bonds is 2. The molecule has 0 aliphatic carbocycles. The molecule has 0 bridgehead atoms. The Hall–Kier alpha value is -1.89. The summed E-state index contributed by atoms with van der Waals surface area (Å²) in [7, 11) is 0. The van der Waals surface area contributed by atoms with Gasteiger partial charge in [0.05, 0.1) is 5.69 Å². The van der Waals surface area contributed by atoms with E-state index in [2.05, 4.69) is 40.7 Å². The van der Waals surface area contributed by atoms with Gasteiger partial charge in [0.2, 0.25) is 11.9 Å². The smallest absolute Gasteiger partial charge is 0.254 e. The van der Waals surface area contributed by atoms with Gasteiger partial charge >= 0.3 is 0 Å². The Morgan fingerprint density at radius 1 is 1.25 bits per heavy atom. The van der Waals surface area contributed by atoms with Gasteiger partial charge in [0, 0.05) is 37.8 Å². The van der Waals surface area contributed by atoms with Crippen LogP contribution in [0, 0.1) is 0 Å². The Balaban J connectivity index is 1.81. The molecule has 8 heteroatoms. The number of nitrogens with zero attached hydrogens (tertiary/aromatic N) is 6. The molecule has 24 heavy (non-hydrogen) atoms. The third kappa shape index (κ3) is 3.17. The Kier molecular flexibility index (Phi) is 4.38. The van der Waals surface area contributed by atoms with Gasteiger partial charge in [-0.2, -0.15) is 9.50 Å². The van der Waals surface area contributed by atoms with Crippen LogP contribution in [0.25, 0.3) is 5.78 Å². The number of carbonyl (C=O) groups excluding carboxylic acids is 1. The predicted molar refractivity (Wildman–Crippen MR) is 93.6 cm³/mol. The average Bonchev–Trinajstić information content (AvgIpc) is 2.97. The first-order valence-corrected chi connectivity index (χ1v) is 8.61. The van der Waals surface area contributed by atoms with E-state index < -0.39 is 5.38 Å². The molecule has 2 aromatic rings. The number of amides is 1. The SMILES string of the molecule is CC(Cl)C(=O)N1CCN(c2nc3nccc(C(C)(C)C)n3n2)CC1. The normalized spacial score (nSPS) is 17.4. The molecule has 0 saturated carbocycles. The maximum Gasteiger partial charge on any atom is 0.254 e. The summed E-state index contributed by atoms with van der Waals surface area (Å²) >= 11 is 5.89. The number of hydrogen-bond acceptors (Lipinski definition) is 5. The number of carbonyl (C=O) groups is 1. The summed E-state index contributed by atoms with van der Waals surface area (Å²) in [5.74, 6) is 1.24. The second kappa shape index (κ2) is 6.20. The minimum absolute atomic E-state index is 0.0176. The van der Waals surface area contributed by atoms with Crippen LogP contribution >= 0.6 is 11.6 Å². The number of alkyl halides is 1. The zero-order chi connectivity index (χ0) is 17.5. The van der Waals surface area contributed by atoms with Crippen LogP contribution in [-0.2, 0) is 10.2 Å². The first kappa shape index (κ1) is 17.0. The van der Waals surface area contributed by atoms with Crippen molar-refractivity contribution in [1.29, 1.82) is 0 Å². The lowest BCUT2D eigenvalue weighted by Crippen LogP contribution is -2.50. The first-order valence-electron chi connectivity index (χ1n) is 8.17. The van der Waals surface area contributed by atoms with Gasteiger partial charge < -0.3 is 9.80 Å². The van der Waals surface area contributed by atoms with E-state index in [9.17, 15) is 4.79 Å². The highest BCUT2D eigenvalue weighted by Crippen LogP contribution is 2.23. The van der Waals surface area contributed by atoms with Crippen LogP contribution in [0.2, 0.25) is 0 Å². The van der Waals surface area contributed by atoms with Gasteiger partial charge in [0.25, 0.3) is 5.78 Å². The van der Waals surface area contributed by atoms with Crippen molar-refractivity contribution in [3.8, 4) is 0 Å². The lowest BCUT2D eigenvalue weighted by atomic mass is 9.92. The molecule has 2 aromatic heterocycles. The molecule has 1 fully saturated rings. The summed E-state index contributed by atoms with van der Waals surface area (Å²) in [6, 6.07) is 1.98. The van der Waals surface area contributed by atoms with Gasteiger partial charge in [-0.15, -0.1) is 16.7 Å². The van der Waals surface area contributed by atoms with Crippen molar-refractivity contribution in [3.05, 3.63) is 18.0 Å². The molecular weight excluding hydrogens is 328 g/mol. The molecule has 1 saturated heterocycles. The van der Waals surface area contributed by atoms with E-state index in [0.29, 0.717) is 37.9 Å². The Morgan fingerprint density at radius 3 is 2.50 bits per heavy atom. The fourth-order valence-corrected chi connectivity index (χ4v) is 3.00. The molecular formula is C16H23ClN6O. The summed E-state index contributed by atoms with van der Waals surface area (Å²) in [6.07, 6.45) is 1.77. The highest BCUT2D eigenvalue weighted by molar-refractivity contribution is 6.30. The zero-order valence-electron chi connectivity index (χ0n) is 14.5. The Bertz CT molecular complexity index is 743. The van der Waals surface area contributed by atoms with E-state index in [1.54, 1.807) is 18.0 Å². The number of hydrogen-bond donors (Lipinski definition) is 0. The van der Waals surface area contributed by atoms with Crippen LogP contribution in [0.5, 0.6) is 0 Å². The van der Waals surface area contributed by atoms with Gasteiger partial charge in [-0.25, -0.2) is 4.98 Å². The van der Waals surface area contributed by atoms with E-state index in [4.69, 9.17) is 11.6 Å². The minimum atomic E-state index is -0.483. The molecule has 0 radical (unpaired) electrons. The van der Waals surface area contributed by atoms with E-state index >= 15 is 0 Å². The maximum atomic E-state index is 12.0. The molecule has 1 atom stereocenters. The highest BCUT2D eigenvalue weighted by atomic mass is 35.5. The zero-order valence-corrected chi connectivity index (χ0v) is 15.3. The molecule has 130 valence electrons. The van der Waals surface area contributed by atoms with Crippen LogP contribution in [0.1, 0.15) is 33.4 Å². The van der Waals surface area contributed by atoms with E-state index in [-0.39, 0.29) is 11.3 Å². The summed E-state index contributed by atoms with van der Waals surface area (Å²) in [5, 5.41) is 4.16. The lowest BCUT2D eigenvalue weighted by molar-refractivity contribution is -0.130. The third-order valence-corrected chi connectivity index (χ3v) is 4.40. The van der Waals surface area contributed by atoms with Crippen molar-refractivity contribution in [2.75, 3.05) is 31.1 Å². The van der Waals surface area contributed by atoms with Gasteiger partial charge in [-0.05, 0) is 13.0 Å². The highest BCUT2D eigenvalue weighted by Gasteiger charge is 2.26. The molecule has 0 spiro atoms. The largest absolute Gasteiger partial charge is 0.338 e. The third-order valence-electron chi connectivity index (χ3n) is 4.21. The van der Waals surface area contributed by atoms with Crippen molar-refractivity contribution in [2.45, 2.75) is 38.5 Å². The maximum absolute atomic E-state index is 12.0. The fraction of sp³-hybridized carbons (Fsp3) is 0.625. The number of halogens is 1. The van der Waals surface area contributed by atoms with Gasteiger partial charge in [0.15, 0.2) is 0 Å². The predicted octanol–water partition coefficient (Wildman–Crippen LogP) is 1.70. The topological polar surface area (TPSA) is 66.6 Å². The molecule has 0 aromatic carbocycles. The van der Waals surface area contributed by atoms with E-state index in [0.717, 1.165) is 5.69 Å². The second-order valence-corrected chi connectivity index (χ2v) is 7.79. The molecule has 3 rings (SSSR count). The Morgan fingerprint density at radius 2 is 1.92 bits per heavy atom. The minimum Gasteiger partial charge on any atom is -0.338 e. The standard InChI is InChI=1S/C16H23ClN6O/c1-11(17)13(24)21-7-9-22(10-8-21)15-19-14-18-6-5-12(16(2,3)4)23(14)20-15/h5-6,11H,7-10H2,1-4H3. The molecule has 0 N–H and O–H groups in total. The van der Waals surface area contributed by atoms with E-state index in [1.165, 1.54) is 0 Å². The summed E-state index contributed by atoms with van der Waals surface area (Å²) < 4.78 is 1.81. The molecule has 1 unspecified atom stereocenters. The van der Waals surface area contributed by atoms with Gasteiger partial charge in [0.1, 0.15) is 5.38 Å². The van der Waals surface area contributed by atoms with Crippen LogP contribution in [0.4, 0.5) is 5.95 Å². The van der Waals surface area contributed by atoms with Crippen LogP contribution in [0.15, 0.2) is 12.3 Å². The van der Waals surface area contributed by atoms with Crippen molar-refractivity contribution in [3.63, 3.8) is 0 Å². The lowest BCUT2D eigenvalue weighted by Gasteiger charge is -2.34. The summed E-state index contributed by atoms with van der Waals surface area (Å²) in [6.45, 7) is 10.8. The van der Waals surface area contributed by atoms with Crippen LogP contribution in [0.3, 0.4) is 0 Å². The molecule has 1 aliphatic rings. The number of anilines is 1. The van der Waals surface area contributed by atoms with Gasteiger partial charge in [-0.1, -0.05) is 20.8 Å². The molecule has 3 heterocycles. The fourth-order valence-electron chi connectivity index (χ4n) is 2.86. The van der Waals surface area contributed by atoms with Crippen molar-refractivity contribution in [2.24, 2.45) is 0 Å². The van der Waals surface area contributed by atoms with Crippen LogP contribution in [-0.4, -0.2) is 61.9 Å². The Labute approximate surface area is 146 Å². The first-order chi connectivity index (χ1) is 11.3.